The molecule has 0 radical (unpaired) electrons. The summed E-state index contributed by atoms with van der Waals surface area (Å²) in [6.45, 7) is 4.06. The lowest BCUT2D eigenvalue weighted by atomic mass is 9.67. The van der Waals surface area contributed by atoms with E-state index in [2.05, 4.69) is 6.07 Å². The van der Waals surface area contributed by atoms with Crippen molar-refractivity contribution in [3.63, 3.8) is 0 Å². The van der Waals surface area contributed by atoms with Crippen molar-refractivity contribution in [1.82, 2.24) is 0 Å². The molecule has 0 heterocycles. The predicted octanol–water partition coefficient (Wildman–Crippen LogP) is 5.60. The number of benzene rings is 2. The van der Waals surface area contributed by atoms with Gasteiger partial charge in [0.05, 0.1) is 47.0 Å². The van der Waals surface area contributed by atoms with E-state index in [1.54, 1.807) is 19.2 Å². The first-order valence-corrected chi connectivity index (χ1v) is 12.3. The summed E-state index contributed by atoms with van der Waals surface area (Å²) in [7, 11) is 7.68. The summed E-state index contributed by atoms with van der Waals surface area (Å²) >= 11 is 0. The van der Waals surface area contributed by atoms with Crippen LogP contribution in [0.3, 0.4) is 0 Å². The van der Waals surface area contributed by atoms with E-state index in [1.807, 2.05) is 32.0 Å². The molecule has 202 valence electrons. The molecule has 0 saturated heterocycles. The van der Waals surface area contributed by atoms with Crippen molar-refractivity contribution in [3.8, 4) is 34.8 Å². The largest absolute Gasteiger partial charge is 0.493 e. The molecule has 0 saturated carbocycles. The maximum Gasteiger partial charge on any atom is 0.217 e. The highest BCUT2D eigenvalue weighted by molar-refractivity contribution is 5.56. The SMILES string of the molecule is CCC(C)C(C#N)(CCCC(Cc1ccc(OC)c(OC)c1)[N+](=O)[O-])c1cc(OC)c(OC)c(OC)c1. The van der Waals surface area contributed by atoms with Gasteiger partial charge < -0.3 is 23.7 Å². The molecule has 0 N–H and O–H groups in total. The Morgan fingerprint density at radius 2 is 1.54 bits per heavy atom. The molecule has 0 aliphatic heterocycles. The Morgan fingerprint density at radius 3 is 2.00 bits per heavy atom. The summed E-state index contributed by atoms with van der Waals surface area (Å²) < 4.78 is 27.1. The van der Waals surface area contributed by atoms with E-state index < -0.39 is 11.5 Å². The zero-order valence-electron chi connectivity index (χ0n) is 22.8. The molecule has 3 atom stereocenters. The summed E-state index contributed by atoms with van der Waals surface area (Å²) in [4.78, 5) is 11.7. The standard InChI is InChI=1S/C28H38N2O7/c1-8-19(2)28(18-29,21-16-25(35-5)27(37-7)26(17-21)36-6)13-9-10-22(30(31)32)14-20-11-12-23(33-3)24(15-20)34-4/h11-12,15-17,19,22H,8-10,13-14H2,1-7H3. The van der Waals surface area contributed by atoms with E-state index >= 15 is 0 Å². The number of methoxy groups -OCH3 is 5. The highest BCUT2D eigenvalue weighted by atomic mass is 16.6. The first-order valence-electron chi connectivity index (χ1n) is 12.3. The number of hydrogen-bond acceptors (Lipinski definition) is 8. The van der Waals surface area contributed by atoms with Gasteiger partial charge in [-0.25, -0.2) is 0 Å². The van der Waals surface area contributed by atoms with Gasteiger partial charge in [-0.3, -0.25) is 10.1 Å². The lowest BCUT2D eigenvalue weighted by Gasteiger charge is -2.34. The minimum Gasteiger partial charge on any atom is -0.493 e. The number of nitro groups is 1. The molecule has 37 heavy (non-hydrogen) atoms. The summed E-state index contributed by atoms with van der Waals surface area (Å²) in [5.74, 6) is 2.48. The Labute approximate surface area is 219 Å². The minimum atomic E-state index is -0.883. The lowest BCUT2D eigenvalue weighted by molar-refractivity contribution is -0.523. The Kier molecular flexibility index (Phi) is 10.9. The van der Waals surface area contributed by atoms with Crippen LogP contribution in [0.15, 0.2) is 30.3 Å². The van der Waals surface area contributed by atoms with Crippen molar-refractivity contribution in [2.75, 3.05) is 35.5 Å². The third-order valence-corrected chi connectivity index (χ3v) is 7.16. The molecule has 9 heteroatoms. The van der Waals surface area contributed by atoms with Gasteiger partial charge in [-0.1, -0.05) is 26.3 Å². The van der Waals surface area contributed by atoms with Crippen molar-refractivity contribution in [3.05, 3.63) is 51.6 Å². The molecule has 2 rings (SSSR count). The van der Waals surface area contributed by atoms with E-state index in [0.29, 0.717) is 48.0 Å². The zero-order valence-corrected chi connectivity index (χ0v) is 22.8. The predicted molar refractivity (Wildman–Crippen MR) is 141 cm³/mol. The van der Waals surface area contributed by atoms with Crippen molar-refractivity contribution in [2.24, 2.45) is 5.92 Å². The van der Waals surface area contributed by atoms with Gasteiger partial charge in [0.25, 0.3) is 0 Å². The summed E-state index contributed by atoms with van der Waals surface area (Å²) in [5, 5.41) is 22.4. The van der Waals surface area contributed by atoms with Gasteiger partial charge in [0.15, 0.2) is 23.0 Å². The molecule has 0 aromatic heterocycles. The van der Waals surface area contributed by atoms with Gasteiger partial charge in [-0.2, -0.15) is 5.26 Å². The van der Waals surface area contributed by atoms with Gasteiger partial charge in [0.2, 0.25) is 11.8 Å². The van der Waals surface area contributed by atoms with Crippen molar-refractivity contribution >= 4 is 0 Å². The molecule has 0 fully saturated rings. The summed E-state index contributed by atoms with van der Waals surface area (Å²) in [6, 6.07) is 10.7. The molecule has 2 aromatic rings. The van der Waals surface area contributed by atoms with Gasteiger partial charge in [-0.15, -0.1) is 0 Å². The molecule has 0 bridgehead atoms. The monoisotopic (exact) mass is 514 g/mol. The van der Waals surface area contributed by atoms with E-state index in [-0.39, 0.29) is 17.3 Å². The Morgan fingerprint density at radius 1 is 0.946 bits per heavy atom. The third kappa shape index (κ3) is 6.56. The topological polar surface area (TPSA) is 113 Å². The van der Waals surface area contributed by atoms with E-state index in [1.165, 1.54) is 28.4 Å². The number of nitriles is 1. The number of nitrogens with zero attached hydrogens (tertiary/aromatic N) is 2. The first kappa shape index (κ1) is 29.6. The van der Waals surface area contributed by atoms with Crippen LogP contribution in [0.25, 0.3) is 0 Å². The molecule has 0 aliphatic carbocycles. The molecule has 2 aromatic carbocycles. The average Bonchev–Trinajstić information content (AvgIpc) is 2.93. The summed E-state index contributed by atoms with van der Waals surface area (Å²) in [6.07, 6.45) is 2.28. The van der Waals surface area contributed by atoms with Crippen LogP contribution < -0.4 is 23.7 Å². The van der Waals surface area contributed by atoms with Crippen molar-refractivity contribution < 1.29 is 28.6 Å². The molecular weight excluding hydrogens is 476 g/mol. The Hall–Kier alpha value is -3.67. The third-order valence-electron chi connectivity index (χ3n) is 7.16. The van der Waals surface area contributed by atoms with E-state index in [9.17, 15) is 15.4 Å². The van der Waals surface area contributed by atoms with Crippen LogP contribution >= 0.6 is 0 Å². The first-order chi connectivity index (χ1) is 17.7. The second kappa shape index (κ2) is 13.6. The maximum absolute atomic E-state index is 11.9. The average molecular weight is 515 g/mol. The molecule has 0 amide bonds. The molecule has 9 nitrogen and oxygen atoms in total. The number of ether oxygens (including phenoxy) is 5. The normalized spacial score (nSPS) is 14.0. The van der Waals surface area contributed by atoms with E-state index in [0.717, 1.165) is 17.5 Å². The molecule has 3 unspecified atom stereocenters. The van der Waals surface area contributed by atoms with E-state index in [4.69, 9.17) is 23.7 Å². The van der Waals surface area contributed by atoms with Crippen molar-refractivity contribution in [1.29, 1.82) is 5.26 Å². The smallest absolute Gasteiger partial charge is 0.217 e. The number of rotatable bonds is 15. The second-order valence-corrected chi connectivity index (χ2v) is 9.03. The highest BCUT2D eigenvalue weighted by Gasteiger charge is 2.39. The maximum atomic E-state index is 11.9. The van der Waals surface area contributed by atoms with Crippen LogP contribution in [0.4, 0.5) is 0 Å². The molecule has 0 aliphatic rings. The van der Waals surface area contributed by atoms with Gasteiger partial charge in [0, 0.05) is 17.8 Å². The van der Waals surface area contributed by atoms with Crippen LogP contribution in [0.2, 0.25) is 0 Å². The van der Waals surface area contributed by atoms with Crippen LogP contribution in [-0.2, 0) is 11.8 Å². The lowest BCUT2D eigenvalue weighted by Crippen LogP contribution is -2.33. The van der Waals surface area contributed by atoms with Crippen LogP contribution in [-0.4, -0.2) is 46.5 Å². The quantitative estimate of drug-likeness (QED) is 0.223. The van der Waals surface area contributed by atoms with Gasteiger partial charge in [-0.05, 0) is 54.2 Å². The minimum absolute atomic E-state index is 0.0137. The fraction of sp³-hybridized carbons (Fsp3) is 0.536. The Balaban J connectivity index is 2.34. The van der Waals surface area contributed by atoms with Crippen LogP contribution in [0, 0.1) is 27.4 Å². The van der Waals surface area contributed by atoms with Crippen LogP contribution in [0.5, 0.6) is 28.7 Å². The fourth-order valence-electron chi connectivity index (χ4n) is 4.77. The molecular formula is C28H38N2O7. The second-order valence-electron chi connectivity index (χ2n) is 9.03. The van der Waals surface area contributed by atoms with Crippen LogP contribution in [0.1, 0.15) is 50.7 Å². The summed E-state index contributed by atoms with van der Waals surface area (Å²) in [5.41, 5.74) is 0.653. The fourth-order valence-corrected chi connectivity index (χ4v) is 4.77. The number of hydrogen-bond donors (Lipinski definition) is 0. The Bertz CT molecular complexity index is 1070. The van der Waals surface area contributed by atoms with Crippen molar-refractivity contribution in [2.45, 2.75) is 57.4 Å². The van der Waals surface area contributed by atoms with Gasteiger partial charge in [0.1, 0.15) is 0 Å². The highest BCUT2D eigenvalue weighted by Crippen LogP contribution is 2.46. The molecule has 0 spiro atoms. The zero-order chi connectivity index (χ0) is 27.6. The van der Waals surface area contributed by atoms with Gasteiger partial charge >= 0.3 is 0 Å².